The van der Waals surface area contributed by atoms with Gasteiger partial charge in [-0.2, -0.15) is 0 Å². The van der Waals surface area contributed by atoms with Gasteiger partial charge < -0.3 is 24.6 Å². The van der Waals surface area contributed by atoms with Crippen molar-refractivity contribution < 1.29 is 28.9 Å². The highest BCUT2D eigenvalue weighted by Gasteiger charge is 2.41. The first-order valence-corrected chi connectivity index (χ1v) is 11.3. The largest absolute Gasteiger partial charge is 0.508 e. The highest BCUT2D eigenvalue weighted by molar-refractivity contribution is 6.04. The van der Waals surface area contributed by atoms with Crippen molar-refractivity contribution in [2.45, 2.75) is 31.6 Å². The summed E-state index contributed by atoms with van der Waals surface area (Å²) >= 11 is 0. The van der Waals surface area contributed by atoms with E-state index in [9.17, 15) is 14.7 Å². The monoisotopic (exact) mass is 463 g/mol. The first kappa shape index (κ1) is 23.6. The summed E-state index contributed by atoms with van der Waals surface area (Å²) in [6.07, 6.45) is 0.890. The maximum absolute atomic E-state index is 13.6. The Morgan fingerprint density at radius 1 is 1.09 bits per heavy atom. The third kappa shape index (κ3) is 4.56. The van der Waals surface area contributed by atoms with E-state index < -0.39 is 11.9 Å². The van der Waals surface area contributed by atoms with Crippen LogP contribution < -0.4 is 10.1 Å². The molecule has 4 rings (SSSR count). The van der Waals surface area contributed by atoms with E-state index in [4.69, 9.17) is 14.2 Å². The molecular weight excluding hydrogens is 434 g/mol. The second kappa shape index (κ2) is 10.1. The zero-order chi connectivity index (χ0) is 24.2. The molecule has 0 unspecified atom stereocenters. The summed E-state index contributed by atoms with van der Waals surface area (Å²) in [5.41, 5.74) is 3.96. The van der Waals surface area contributed by atoms with Crippen LogP contribution in [0.2, 0.25) is 0 Å². The molecule has 0 radical (unpaired) electrons. The minimum absolute atomic E-state index is 0.0484. The number of rotatable bonds is 7. The maximum atomic E-state index is 13.6. The van der Waals surface area contributed by atoms with Crippen LogP contribution in [-0.2, 0) is 19.1 Å². The fourth-order valence-electron chi connectivity index (χ4n) is 4.87. The van der Waals surface area contributed by atoms with Gasteiger partial charge in [0.25, 0.3) is 0 Å². The summed E-state index contributed by atoms with van der Waals surface area (Å²) in [7, 11) is 3.16. The van der Waals surface area contributed by atoms with Gasteiger partial charge in [0.05, 0.1) is 19.3 Å². The number of Topliss-reactive ketones (excluding diaryl/α,β-unsaturated/α-hetero) is 1. The Balaban J connectivity index is 1.76. The van der Waals surface area contributed by atoms with Crippen LogP contribution >= 0.6 is 0 Å². The number of hydrogen-bond donors (Lipinski definition) is 2. The number of carbonyl (C=O) groups excluding carboxylic acids is 2. The molecule has 0 fully saturated rings. The van der Waals surface area contributed by atoms with Gasteiger partial charge in [-0.1, -0.05) is 30.3 Å². The van der Waals surface area contributed by atoms with Crippen LogP contribution in [0.5, 0.6) is 11.5 Å². The number of esters is 1. The van der Waals surface area contributed by atoms with Gasteiger partial charge in [0.15, 0.2) is 5.78 Å². The molecule has 34 heavy (non-hydrogen) atoms. The number of aromatic hydroxyl groups is 1. The molecule has 2 aliphatic rings. The van der Waals surface area contributed by atoms with Crippen LogP contribution in [0, 0.1) is 0 Å². The molecule has 1 aliphatic heterocycles. The number of carbonyl (C=O) groups is 2. The van der Waals surface area contributed by atoms with Gasteiger partial charge >= 0.3 is 5.97 Å². The molecule has 2 atom stereocenters. The number of phenols is 1. The number of allylic oxidation sites excluding steroid dienone is 3. The van der Waals surface area contributed by atoms with Crippen LogP contribution in [-0.4, -0.2) is 44.3 Å². The highest BCUT2D eigenvalue weighted by atomic mass is 16.6. The SMILES string of the molecule is COCCOC(=O)C1=C(C)NC2=C(C(=O)C[C@H](c3ccccc3OC)C2)[C@@H]1c1cccc(O)c1. The van der Waals surface area contributed by atoms with Gasteiger partial charge in [0.1, 0.15) is 18.1 Å². The van der Waals surface area contributed by atoms with E-state index in [0.29, 0.717) is 35.2 Å². The second-order valence-corrected chi connectivity index (χ2v) is 8.48. The van der Waals surface area contributed by atoms with Crippen molar-refractivity contribution in [1.82, 2.24) is 5.32 Å². The van der Waals surface area contributed by atoms with Crippen molar-refractivity contribution in [2.75, 3.05) is 27.4 Å². The Labute approximate surface area is 199 Å². The molecule has 0 amide bonds. The lowest BCUT2D eigenvalue weighted by atomic mass is 9.71. The van der Waals surface area contributed by atoms with Crippen LogP contribution in [0.3, 0.4) is 0 Å². The van der Waals surface area contributed by atoms with E-state index >= 15 is 0 Å². The number of para-hydroxylation sites is 1. The Kier molecular flexibility index (Phi) is 7.03. The standard InChI is InChI=1S/C27H29NO6/c1-16-24(27(31)34-12-11-32-2)25(17-7-6-8-19(29)13-17)26-21(28-16)14-18(15-22(26)30)20-9-4-5-10-23(20)33-3/h4-10,13,18,25,28-29H,11-12,14-15H2,1-3H3/t18-,25-/m1/s1. The number of phenolic OH excluding ortho intramolecular Hbond substituents is 1. The predicted octanol–water partition coefficient (Wildman–Crippen LogP) is 3.95. The molecule has 1 heterocycles. The molecule has 0 aromatic heterocycles. The van der Waals surface area contributed by atoms with Crippen molar-refractivity contribution in [1.29, 1.82) is 0 Å². The summed E-state index contributed by atoms with van der Waals surface area (Å²) in [4.78, 5) is 26.7. The van der Waals surface area contributed by atoms with Crippen molar-refractivity contribution in [2.24, 2.45) is 0 Å². The molecule has 7 heteroatoms. The fourth-order valence-corrected chi connectivity index (χ4v) is 4.87. The zero-order valence-electron chi connectivity index (χ0n) is 19.6. The predicted molar refractivity (Wildman–Crippen MR) is 127 cm³/mol. The summed E-state index contributed by atoms with van der Waals surface area (Å²) in [6, 6.07) is 14.4. The lowest BCUT2D eigenvalue weighted by Crippen LogP contribution is -2.36. The van der Waals surface area contributed by atoms with Gasteiger partial charge in [0.2, 0.25) is 0 Å². The van der Waals surface area contributed by atoms with Crippen molar-refractivity contribution in [3.05, 3.63) is 82.2 Å². The van der Waals surface area contributed by atoms with Crippen LogP contribution in [0.15, 0.2) is 71.1 Å². The molecule has 178 valence electrons. The minimum atomic E-state index is -0.635. The van der Waals surface area contributed by atoms with Crippen molar-refractivity contribution >= 4 is 11.8 Å². The number of dihydropyridines is 1. The highest BCUT2D eigenvalue weighted by Crippen LogP contribution is 2.47. The van der Waals surface area contributed by atoms with Gasteiger partial charge in [-0.25, -0.2) is 4.79 Å². The van der Waals surface area contributed by atoms with E-state index in [1.54, 1.807) is 25.3 Å². The zero-order valence-corrected chi connectivity index (χ0v) is 19.6. The quantitative estimate of drug-likeness (QED) is 0.474. The van der Waals surface area contributed by atoms with Crippen molar-refractivity contribution in [3.8, 4) is 11.5 Å². The number of methoxy groups -OCH3 is 2. The van der Waals surface area contributed by atoms with E-state index in [0.717, 1.165) is 17.0 Å². The normalized spacial score (nSPS) is 20.0. The Morgan fingerprint density at radius 3 is 2.62 bits per heavy atom. The molecular formula is C27H29NO6. The van der Waals surface area contributed by atoms with Crippen molar-refractivity contribution in [3.63, 3.8) is 0 Å². The molecule has 1 aliphatic carbocycles. The van der Waals surface area contributed by atoms with Gasteiger partial charge in [-0.15, -0.1) is 0 Å². The smallest absolute Gasteiger partial charge is 0.336 e. The lowest BCUT2D eigenvalue weighted by Gasteiger charge is -2.37. The Morgan fingerprint density at radius 2 is 1.88 bits per heavy atom. The molecule has 0 saturated heterocycles. The summed E-state index contributed by atoms with van der Waals surface area (Å²) in [5, 5.41) is 13.5. The topological polar surface area (TPSA) is 94.1 Å². The van der Waals surface area contributed by atoms with E-state index in [1.807, 2.05) is 37.3 Å². The number of benzene rings is 2. The molecule has 0 bridgehead atoms. The van der Waals surface area contributed by atoms with E-state index in [2.05, 4.69) is 5.32 Å². The molecule has 7 nitrogen and oxygen atoms in total. The number of ketones is 1. The minimum Gasteiger partial charge on any atom is -0.508 e. The first-order valence-electron chi connectivity index (χ1n) is 11.3. The lowest BCUT2D eigenvalue weighted by molar-refractivity contribution is -0.140. The van der Waals surface area contributed by atoms with E-state index in [1.165, 1.54) is 7.11 Å². The molecule has 0 spiro atoms. The van der Waals surface area contributed by atoms with Gasteiger partial charge in [-0.05, 0) is 42.7 Å². The van der Waals surface area contributed by atoms with E-state index in [-0.39, 0.29) is 30.7 Å². The Hall–Kier alpha value is -3.58. The van der Waals surface area contributed by atoms with Crippen LogP contribution in [0.4, 0.5) is 0 Å². The molecule has 2 N–H and O–H groups in total. The average Bonchev–Trinajstić information content (AvgIpc) is 2.83. The summed E-state index contributed by atoms with van der Waals surface area (Å²) < 4.78 is 16.0. The van der Waals surface area contributed by atoms with Gasteiger partial charge in [-0.3, -0.25) is 4.79 Å². The third-order valence-electron chi connectivity index (χ3n) is 6.35. The van der Waals surface area contributed by atoms with Gasteiger partial charge in [0, 0.05) is 42.3 Å². The molecule has 0 saturated carbocycles. The fraction of sp³-hybridized carbons (Fsp3) is 0.333. The number of hydrogen-bond acceptors (Lipinski definition) is 7. The first-order chi connectivity index (χ1) is 16.4. The Bertz CT molecular complexity index is 1170. The number of ether oxygens (including phenoxy) is 3. The molecule has 2 aromatic carbocycles. The summed E-state index contributed by atoms with van der Waals surface area (Å²) in [5.74, 6) is -0.431. The second-order valence-electron chi connectivity index (χ2n) is 8.48. The van der Waals surface area contributed by atoms with Crippen LogP contribution in [0.25, 0.3) is 0 Å². The maximum Gasteiger partial charge on any atom is 0.336 e. The molecule has 2 aromatic rings. The van der Waals surface area contributed by atoms with Crippen LogP contribution in [0.1, 0.15) is 42.7 Å². The average molecular weight is 464 g/mol. The summed E-state index contributed by atoms with van der Waals surface area (Å²) in [6.45, 7) is 2.19. The number of nitrogens with one attached hydrogen (secondary N) is 1. The third-order valence-corrected chi connectivity index (χ3v) is 6.35.